The zero-order valence-electron chi connectivity index (χ0n) is 13.1. The van der Waals surface area contributed by atoms with Gasteiger partial charge in [-0.1, -0.05) is 35.8 Å². The van der Waals surface area contributed by atoms with Crippen molar-refractivity contribution in [1.29, 1.82) is 0 Å². The molecular formula is C17H28O2. The summed E-state index contributed by atoms with van der Waals surface area (Å²) >= 11 is 0. The third-order valence-electron chi connectivity index (χ3n) is 3.01. The van der Waals surface area contributed by atoms with Crippen LogP contribution in [0.15, 0.2) is 34.9 Å². The van der Waals surface area contributed by atoms with Crippen molar-refractivity contribution in [3.05, 3.63) is 34.9 Å². The standard InChI is InChI=1S/C17H28O2/c1-6-16(11-7-9-14(2)3)12-8-10-15(4)13-17(18)19-5/h9,12-13H,6-8,10-11H2,1-5H3/b15-13+,16-12+. The first kappa shape index (κ1) is 17.7. The predicted octanol–water partition coefficient (Wildman–Crippen LogP) is 4.97. The van der Waals surface area contributed by atoms with Gasteiger partial charge in [0.1, 0.15) is 0 Å². The smallest absolute Gasteiger partial charge is 0.330 e. The molecule has 0 aromatic carbocycles. The molecule has 19 heavy (non-hydrogen) atoms. The third kappa shape index (κ3) is 10.3. The second-order valence-corrected chi connectivity index (χ2v) is 5.09. The molecule has 0 aromatic heterocycles. The Hall–Kier alpha value is -1.31. The minimum atomic E-state index is -0.263. The van der Waals surface area contributed by atoms with Crippen LogP contribution in [0.5, 0.6) is 0 Å². The number of hydrogen-bond donors (Lipinski definition) is 0. The number of carbonyl (C=O) groups is 1. The van der Waals surface area contributed by atoms with Crippen LogP contribution in [0.2, 0.25) is 0 Å². The Bertz CT molecular complexity index is 355. The molecule has 0 atom stereocenters. The lowest BCUT2D eigenvalue weighted by molar-refractivity contribution is -0.134. The van der Waals surface area contributed by atoms with E-state index < -0.39 is 0 Å². The third-order valence-corrected chi connectivity index (χ3v) is 3.01. The van der Waals surface area contributed by atoms with E-state index in [1.807, 2.05) is 6.92 Å². The van der Waals surface area contributed by atoms with E-state index in [0.717, 1.165) is 37.7 Å². The summed E-state index contributed by atoms with van der Waals surface area (Å²) in [5.41, 5.74) is 3.96. The first-order valence-electron chi connectivity index (χ1n) is 7.06. The van der Waals surface area contributed by atoms with Gasteiger partial charge in [-0.05, 0) is 52.9 Å². The van der Waals surface area contributed by atoms with Gasteiger partial charge < -0.3 is 4.74 Å². The monoisotopic (exact) mass is 264 g/mol. The van der Waals surface area contributed by atoms with Crippen molar-refractivity contribution in [2.24, 2.45) is 0 Å². The number of hydrogen-bond acceptors (Lipinski definition) is 2. The normalized spacial score (nSPS) is 12.3. The highest BCUT2D eigenvalue weighted by Gasteiger charge is 1.97. The molecule has 0 spiro atoms. The van der Waals surface area contributed by atoms with E-state index in [0.29, 0.717) is 0 Å². The predicted molar refractivity (Wildman–Crippen MR) is 82.0 cm³/mol. The number of allylic oxidation sites excluding steroid dienone is 5. The summed E-state index contributed by atoms with van der Waals surface area (Å²) in [4.78, 5) is 11.1. The van der Waals surface area contributed by atoms with Crippen LogP contribution in [0.1, 0.15) is 59.8 Å². The van der Waals surface area contributed by atoms with Crippen molar-refractivity contribution in [1.82, 2.24) is 0 Å². The van der Waals surface area contributed by atoms with Gasteiger partial charge in [0.15, 0.2) is 0 Å². The molecule has 108 valence electrons. The van der Waals surface area contributed by atoms with Crippen LogP contribution in [0.4, 0.5) is 0 Å². The topological polar surface area (TPSA) is 26.3 Å². The summed E-state index contributed by atoms with van der Waals surface area (Å²) in [5.74, 6) is -0.263. The maximum Gasteiger partial charge on any atom is 0.330 e. The van der Waals surface area contributed by atoms with E-state index in [9.17, 15) is 4.79 Å². The van der Waals surface area contributed by atoms with E-state index in [1.54, 1.807) is 6.08 Å². The first-order chi connectivity index (χ1) is 8.99. The second-order valence-electron chi connectivity index (χ2n) is 5.09. The highest BCUT2D eigenvalue weighted by atomic mass is 16.5. The van der Waals surface area contributed by atoms with Gasteiger partial charge in [0, 0.05) is 6.08 Å². The minimum Gasteiger partial charge on any atom is -0.466 e. The summed E-state index contributed by atoms with van der Waals surface area (Å²) in [6.45, 7) is 8.44. The maximum absolute atomic E-state index is 11.1. The lowest BCUT2D eigenvalue weighted by atomic mass is 10.0. The molecule has 0 bridgehead atoms. The number of ether oxygens (including phenoxy) is 1. The molecule has 0 saturated carbocycles. The fourth-order valence-electron chi connectivity index (χ4n) is 1.81. The molecule has 2 heteroatoms. The zero-order chi connectivity index (χ0) is 14.7. The lowest BCUT2D eigenvalue weighted by Gasteiger charge is -2.04. The average Bonchev–Trinajstić information content (AvgIpc) is 2.36. The fourth-order valence-corrected chi connectivity index (χ4v) is 1.81. The van der Waals surface area contributed by atoms with Gasteiger partial charge in [-0.25, -0.2) is 4.79 Å². The molecular weight excluding hydrogens is 236 g/mol. The van der Waals surface area contributed by atoms with Crippen LogP contribution >= 0.6 is 0 Å². The molecule has 0 radical (unpaired) electrons. The van der Waals surface area contributed by atoms with Crippen molar-refractivity contribution in [2.75, 3.05) is 7.11 Å². The van der Waals surface area contributed by atoms with Gasteiger partial charge in [-0.2, -0.15) is 0 Å². The molecule has 0 aromatic rings. The molecule has 0 fully saturated rings. The highest BCUT2D eigenvalue weighted by molar-refractivity contribution is 5.82. The summed E-state index contributed by atoms with van der Waals surface area (Å²) in [6, 6.07) is 0. The average molecular weight is 264 g/mol. The van der Waals surface area contributed by atoms with Gasteiger partial charge in [0.25, 0.3) is 0 Å². The Morgan fingerprint density at radius 3 is 2.21 bits per heavy atom. The Balaban J connectivity index is 4.17. The SMILES string of the molecule is CC/C(=C\CC/C(C)=C/C(=O)OC)CCC=C(C)C. The number of methoxy groups -OCH3 is 1. The fraction of sp³-hybridized carbons (Fsp3) is 0.588. The second kappa shape index (κ2) is 10.6. The molecule has 0 heterocycles. The van der Waals surface area contributed by atoms with Crippen LogP contribution in [0.3, 0.4) is 0 Å². The van der Waals surface area contributed by atoms with Crippen LogP contribution in [0.25, 0.3) is 0 Å². The van der Waals surface area contributed by atoms with E-state index in [4.69, 9.17) is 0 Å². The Morgan fingerprint density at radius 1 is 1.05 bits per heavy atom. The van der Waals surface area contributed by atoms with Crippen molar-refractivity contribution in [3.63, 3.8) is 0 Å². The number of carbonyl (C=O) groups excluding carboxylic acids is 1. The molecule has 0 saturated heterocycles. The zero-order valence-corrected chi connectivity index (χ0v) is 13.1. The molecule has 0 aliphatic rings. The van der Waals surface area contributed by atoms with Crippen LogP contribution in [-0.2, 0) is 9.53 Å². The molecule has 2 nitrogen and oxygen atoms in total. The molecule has 0 aliphatic heterocycles. The van der Waals surface area contributed by atoms with Crippen LogP contribution < -0.4 is 0 Å². The van der Waals surface area contributed by atoms with Gasteiger partial charge in [-0.3, -0.25) is 0 Å². The Labute approximate surface area is 118 Å². The van der Waals surface area contributed by atoms with E-state index >= 15 is 0 Å². The van der Waals surface area contributed by atoms with Crippen molar-refractivity contribution in [3.8, 4) is 0 Å². The molecule has 0 unspecified atom stereocenters. The summed E-state index contributed by atoms with van der Waals surface area (Å²) in [5, 5.41) is 0. The van der Waals surface area contributed by atoms with Gasteiger partial charge in [0.2, 0.25) is 0 Å². The molecule has 0 aliphatic carbocycles. The number of esters is 1. The van der Waals surface area contributed by atoms with Gasteiger partial charge in [-0.15, -0.1) is 0 Å². The van der Waals surface area contributed by atoms with E-state index in [1.165, 1.54) is 18.3 Å². The highest BCUT2D eigenvalue weighted by Crippen LogP contribution is 2.14. The number of rotatable bonds is 8. The van der Waals surface area contributed by atoms with Gasteiger partial charge in [0.05, 0.1) is 7.11 Å². The maximum atomic E-state index is 11.1. The van der Waals surface area contributed by atoms with E-state index in [2.05, 4.69) is 37.7 Å². The molecule has 0 N–H and O–H groups in total. The van der Waals surface area contributed by atoms with Crippen molar-refractivity contribution >= 4 is 5.97 Å². The largest absolute Gasteiger partial charge is 0.466 e. The van der Waals surface area contributed by atoms with Crippen LogP contribution in [-0.4, -0.2) is 13.1 Å². The molecule has 0 amide bonds. The summed E-state index contributed by atoms with van der Waals surface area (Å²) in [7, 11) is 1.41. The van der Waals surface area contributed by atoms with Crippen molar-refractivity contribution in [2.45, 2.75) is 59.8 Å². The lowest BCUT2D eigenvalue weighted by Crippen LogP contribution is -1.95. The minimum absolute atomic E-state index is 0.263. The quantitative estimate of drug-likeness (QED) is 0.351. The Kier molecular flexibility index (Phi) is 9.87. The first-order valence-corrected chi connectivity index (χ1v) is 7.06. The molecule has 0 rings (SSSR count). The van der Waals surface area contributed by atoms with E-state index in [-0.39, 0.29) is 5.97 Å². The Morgan fingerprint density at radius 2 is 1.68 bits per heavy atom. The summed E-state index contributed by atoms with van der Waals surface area (Å²) < 4.78 is 4.61. The summed E-state index contributed by atoms with van der Waals surface area (Å²) in [6.07, 6.45) is 11.5. The van der Waals surface area contributed by atoms with Crippen molar-refractivity contribution < 1.29 is 9.53 Å². The van der Waals surface area contributed by atoms with Crippen LogP contribution in [0, 0.1) is 0 Å². The van der Waals surface area contributed by atoms with Gasteiger partial charge >= 0.3 is 5.97 Å².